The first-order chi connectivity index (χ1) is 9.20. The first-order valence-electron chi connectivity index (χ1n) is 6.92. The van der Waals surface area contributed by atoms with Crippen LogP contribution in [0.15, 0.2) is 24.3 Å². The van der Waals surface area contributed by atoms with E-state index < -0.39 is 0 Å². The topological polar surface area (TPSA) is 46.9 Å². The Hall–Kier alpha value is -1.84. The van der Waals surface area contributed by atoms with Gasteiger partial charge in [0.15, 0.2) is 0 Å². The fourth-order valence-corrected chi connectivity index (χ4v) is 2.60. The molecule has 100 valence electrons. The van der Waals surface area contributed by atoms with Gasteiger partial charge in [-0.3, -0.25) is 4.79 Å². The van der Waals surface area contributed by atoms with Crippen molar-refractivity contribution in [2.45, 2.75) is 33.4 Å². The smallest absolute Gasteiger partial charge is 0.223 e. The number of benzene rings is 1. The van der Waals surface area contributed by atoms with Gasteiger partial charge in [-0.05, 0) is 31.4 Å². The minimum Gasteiger partial charge on any atom is -0.349 e. The summed E-state index contributed by atoms with van der Waals surface area (Å²) in [7, 11) is 0. The first kappa shape index (κ1) is 12.2. The summed E-state index contributed by atoms with van der Waals surface area (Å²) in [5.41, 5.74) is 2.13. The molecule has 1 fully saturated rings. The molecule has 1 aromatic carbocycles. The van der Waals surface area contributed by atoms with Crippen molar-refractivity contribution in [3.8, 4) is 0 Å². The highest BCUT2D eigenvalue weighted by Gasteiger charge is 2.38. The number of carbonyl (C=O) groups excluding carboxylic acids is 1. The highest BCUT2D eigenvalue weighted by atomic mass is 16.2. The largest absolute Gasteiger partial charge is 0.349 e. The van der Waals surface area contributed by atoms with Crippen LogP contribution < -0.4 is 5.32 Å². The Morgan fingerprint density at radius 2 is 2.21 bits per heavy atom. The summed E-state index contributed by atoms with van der Waals surface area (Å²) in [5.74, 6) is 1.87. The molecular weight excluding hydrogens is 238 g/mol. The third-order valence-corrected chi connectivity index (χ3v) is 3.92. The van der Waals surface area contributed by atoms with E-state index in [0.29, 0.717) is 12.5 Å². The molecule has 0 bridgehead atoms. The van der Waals surface area contributed by atoms with E-state index in [2.05, 4.69) is 34.8 Å². The Morgan fingerprint density at radius 3 is 2.89 bits per heavy atom. The van der Waals surface area contributed by atoms with Gasteiger partial charge in [0, 0.05) is 12.5 Å². The maximum atomic E-state index is 11.9. The van der Waals surface area contributed by atoms with Crippen LogP contribution >= 0.6 is 0 Å². The summed E-state index contributed by atoms with van der Waals surface area (Å²) >= 11 is 0. The van der Waals surface area contributed by atoms with Gasteiger partial charge in [-0.2, -0.15) is 0 Å². The van der Waals surface area contributed by atoms with Gasteiger partial charge in [0.25, 0.3) is 0 Å². The Kier molecular flexibility index (Phi) is 3.01. The number of hydrogen-bond donors (Lipinski definition) is 1. The molecule has 1 aliphatic carbocycles. The molecule has 0 saturated heterocycles. The van der Waals surface area contributed by atoms with Gasteiger partial charge in [0.1, 0.15) is 5.82 Å². The van der Waals surface area contributed by atoms with Crippen molar-refractivity contribution in [3.63, 3.8) is 0 Å². The lowest BCUT2D eigenvalue weighted by molar-refractivity contribution is -0.122. The molecule has 4 nitrogen and oxygen atoms in total. The molecule has 1 aromatic heterocycles. The van der Waals surface area contributed by atoms with Crippen molar-refractivity contribution < 1.29 is 4.79 Å². The van der Waals surface area contributed by atoms with Crippen LogP contribution in [-0.2, 0) is 17.9 Å². The third-order valence-electron chi connectivity index (χ3n) is 3.92. The lowest BCUT2D eigenvalue weighted by Crippen LogP contribution is -2.26. The molecule has 0 radical (unpaired) electrons. The molecule has 19 heavy (non-hydrogen) atoms. The molecule has 4 heteroatoms. The van der Waals surface area contributed by atoms with E-state index in [1.54, 1.807) is 0 Å². The predicted molar refractivity (Wildman–Crippen MR) is 74.5 cm³/mol. The number of aryl methyl sites for hydroxylation is 1. The highest BCUT2D eigenvalue weighted by molar-refractivity contribution is 5.81. The number of fused-ring (bicyclic) bond motifs is 1. The second kappa shape index (κ2) is 4.68. The number of nitrogens with one attached hydrogen (secondary N) is 1. The van der Waals surface area contributed by atoms with Crippen LogP contribution in [0.4, 0.5) is 0 Å². The fourth-order valence-electron chi connectivity index (χ4n) is 2.60. The Balaban J connectivity index is 1.78. The van der Waals surface area contributed by atoms with Gasteiger partial charge < -0.3 is 9.88 Å². The Labute approximate surface area is 112 Å². The number of rotatable bonds is 4. The summed E-state index contributed by atoms with van der Waals surface area (Å²) in [6, 6.07) is 8.09. The van der Waals surface area contributed by atoms with Crippen LogP contribution in [0.3, 0.4) is 0 Å². The number of carbonyl (C=O) groups is 1. The average molecular weight is 257 g/mol. The average Bonchev–Trinajstić information content (AvgIpc) is 3.04. The summed E-state index contributed by atoms with van der Waals surface area (Å²) in [6.45, 7) is 5.60. The number of hydrogen-bond acceptors (Lipinski definition) is 2. The normalized spacial score (nSPS) is 21.6. The second-order valence-electron chi connectivity index (χ2n) is 5.30. The van der Waals surface area contributed by atoms with Crippen molar-refractivity contribution in [1.29, 1.82) is 0 Å². The SMILES string of the molecule is CCn1c(CNC(=O)[C@@H]2C[C@H]2C)nc2ccccc21. The molecule has 1 aliphatic rings. The third kappa shape index (κ3) is 2.23. The second-order valence-corrected chi connectivity index (χ2v) is 5.30. The molecule has 0 spiro atoms. The molecule has 3 rings (SSSR count). The molecule has 0 unspecified atom stereocenters. The number of nitrogens with zero attached hydrogens (tertiary/aromatic N) is 2. The molecule has 2 atom stereocenters. The maximum Gasteiger partial charge on any atom is 0.223 e. The zero-order valence-electron chi connectivity index (χ0n) is 11.4. The van der Waals surface area contributed by atoms with Crippen molar-refractivity contribution in [3.05, 3.63) is 30.1 Å². The molecule has 1 saturated carbocycles. The lowest BCUT2D eigenvalue weighted by atomic mass is 10.3. The standard InChI is InChI=1S/C15H19N3O/c1-3-18-13-7-5-4-6-12(13)17-14(18)9-16-15(19)11-8-10(11)2/h4-7,10-11H,3,8-9H2,1-2H3,(H,16,19)/t10-,11-/m1/s1. The predicted octanol–water partition coefficient (Wildman–Crippen LogP) is 2.33. The van der Waals surface area contributed by atoms with Crippen molar-refractivity contribution in [2.75, 3.05) is 0 Å². The van der Waals surface area contributed by atoms with Gasteiger partial charge in [-0.25, -0.2) is 4.98 Å². The van der Waals surface area contributed by atoms with E-state index in [9.17, 15) is 4.79 Å². The minimum absolute atomic E-state index is 0.169. The van der Waals surface area contributed by atoms with Crippen LogP contribution in [0.2, 0.25) is 0 Å². The van der Waals surface area contributed by atoms with E-state index in [4.69, 9.17) is 0 Å². The van der Waals surface area contributed by atoms with Gasteiger partial charge in [-0.15, -0.1) is 0 Å². The van der Waals surface area contributed by atoms with Gasteiger partial charge in [0.2, 0.25) is 5.91 Å². The van der Waals surface area contributed by atoms with Gasteiger partial charge in [0.05, 0.1) is 17.6 Å². The van der Waals surface area contributed by atoms with Crippen LogP contribution in [0.5, 0.6) is 0 Å². The number of imidazole rings is 1. The fraction of sp³-hybridized carbons (Fsp3) is 0.467. The molecule has 2 aromatic rings. The molecule has 1 heterocycles. The van der Waals surface area contributed by atoms with Crippen molar-refractivity contribution in [1.82, 2.24) is 14.9 Å². The van der Waals surface area contributed by atoms with Crippen LogP contribution in [0.25, 0.3) is 11.0 Å². The first-order valence-corrected chi connectivity index (χ1v) is 6.92. The summed E-state index contributed by atoms with van der Waals surface area (Å²) < 4.78 is 2.16. The quantitative estimate of drug-likeness (QED) is 0.913. The van der Waals surface area contributed by atoms with E-state index in [1.807, 2.05) is 18.2 Å². The van der Waals surface area contributed by atoms with E-state index in [1.165, 1.54) is 0 Å². The Bertz CT molecular complexity index is 617. The van der Waals surface area contributed by atoms with Crippen molar-refractivity contribution >= 4 is 16.9 Å². The monoisotopic (exact) mass is 257 g/mol. The highest BCUT2D eigenvalue weighted by Crippen LogP contribution is 2.37. The zero-order chi connectivity index (χ0) is 13.4. The molecule has 1 N–H and O–H groups in total. The van der Waals surface area contributed by atoms with Crippen molar-refractivity contribution in [2.24, 2.45) is 11.8 Å². The maximum absolute atomic E-state index is 11.9. The van der Waals surface area contributed by atoms with E-state index in [-0.39, 0.29) is 11.8 Å². The summed E-state index contributed by atoms with van der Waals surface area (Å²) in [5, 5.41) is 3.00. The van der Waals surface area contributed by atoms with Crippen LogP contribution in [0.1, 0.15) is 26.1 Å². The number of para-hydroxylation sites is 2. The van der Waals surface area contributed by atoms with Crippen LogP contribution in [0, 0.1) is 11.8 Å². The van der Waals surface area contributed by atoms with E-state index in [0.717, 1.165) is 29.8 Å². The number of aromatic nitrogens is 2. The van der Waals surface area contributed by atoms with Gasteiger partial charge >= 0.3 is 0 Å². The molecular formula is C15H19N3O. The summed E-state index contributed by atoms with van der Waals surface area (Å²) in [6.07, 6.45) is 1.02. The molecule has 1 amide bonds. The minimum atomic E-state index is 0.169. The molecule has 0 aliphatic heterocycles. The Morgan fingerprint density at radius 1 is 1.47 bits per heavy atom. The summed E-state index contributed by atoms with van der Waals surface area (Å²) in [4.78, 5) is 16.5. The zero-order valence-corrected chi connectivity index (χ0v) is 11.4. The number of amides is 1. The van der Waals surface area contributed by atoms with Gasteiger partial charge in [-0.1, -0.05) is 19.1 Å². The van der Waals surface area contributed by atoms with Crippen LogP contribution in [-0.4, -0.2) is 15.5 Å². The lowest BCUT2D eigenvalue weighted by Gasteiger charge is -2.07. The van der Waals surface area contributed by atoms with E-state index >= 15 is 0 Å².